The third kappa shape index (κ3) is 3.53. The lowest BCUT2D eigenvalue weighted by Gasteiger charge is -2.28. The van der Waals surface area contributed by atoms with Gasteiger partial charge in [0.05, 0.1) is 22.5 Å². The number of benzene rings is 1. The third-order valence-corrected chi connectivity index (χ3v) is 4.12. The maximum Gasteiger partial charge on any atom is 0.128 e. The Bertz CT molecular complexity index is 617. The molecule has 0 saturated heterocycles. The summed E-state index contributed by atoms with van der Waals surface area (Å²) in [6.45, 7) is 7.36. The molecule has 21 heavy (non-hydrogen) atoms. The Morgan fingerprint density at radius 1 is 1.24 bits per heavy atom. The first kappa shape index (κ1) is 16.6. The van der Waals surface area contributed by atoms with Gasteiger partial charge in [-0.1, -0.05) is 25.4 Å². The second-order valence-corrected chi connectivity index (χ2v) is 7.25. The highest BCUT2D eigenvalue weighted by atomic mass is 35.5. The lowest BCUT2D eigenvalue weighted by molar-refractivity contribution is 0.269. The van der Waals surface area contributed by atoms with Crippen LogP contribution in [0.15, 0.2) is 18.2 Å². The molecule has 3 nitrogen and oxygen atoms in total. The molecule has 2 atom stereocenters. The lowest BCUT2D eigenvalue weighted by atomic mass is 10.0. The molecule has 2 aromatic rings. The van der Waals surface area contributed by atoms with Crippen molar-refractivity contribution >= 4 is 34.2 Å². The van der Waals surface area contributed by atoms with E-state index >= 15 is 0 Å². The monoisotopic (exact) mass is 327 g/mol. The van der Waals surface area contributed by atoms with Crippen molar-refractivity contribution < 1.29 is 0 Å². The maximum atomic E-state index is 6.37. The first-order valence-corrected chi connectivity index (χ1v) is 8.09. The van der Waals surface area contributed by atoms with Crippen molar-refractivity contribution in [1.82, 2.24) is 14.5 Å². The molecule has 0 amide bonds. The normalized spacial score (nSPS) is 15.1. The van der Waals surface area contributed by atoms with E-state index in [1.165, 1.54) is 0 Å². The molecule has 0 bridgehead atoms. The molecule has 2 unspecified atom stereocenters. The number of likely N-dealkylation sites (N-methyl/N-ethyl adjacent to an activating group) is 1. The van der Waals surface area contributed by atoms with Gasteiger partial charge in [-0.3, -0.25) is 0 Å². The average molecular weight is 328 g/mol. The predicted octanol–water partition coefficient (Wildman–Crippen LogP) is 4.75. The van der Waals surface area contributed by atoms with E-state index in [2.05, 4.69) is 37.4 Å². The summed E-state index contributed by atoms with van der Waals surface area (Å²) >= 11 is 12.6. The molecule has 1 aromatic carbocycles. The second kappa shape index (κ2) is 6.55. The Morgan fingerprint density at radius 2 is 1.90 bits per heavy atom. The summed E-state index contributed by atoms with van der Waals surface area (Å²) in [6, 6.07) is 6.13. The zero-order valence-electron chi connectivity index (χ0n) is 13.3. The minimum absolute atomic E-state index is 0.139. The molecule has 0 N–H and O–H groups in total. The molecule has 1 aromatic heterocycles. The average Bonchev–Trinajstić information content (AvgIpc) is 2.74. The van der Waals surface area contributed by atoms with E-state index in [4.69, 9.17) is 28.2 Å². The maximum absolute atomic E-state index is 6.37. The van der Waals surface area contributed by atoms with E-state index in [1.54, 1.807) is 0 Å². The van der Waals surface area contributed by atoms with Gasteiger partial charge in [0, 0.05) is 11.6 Å². The van der Waals surface area contributed by atoms with Crippen LogP contribution >= 0.6 is 23.2 Å². The number of aromatic nitrogens is 2. The van der Waals surface area contributed by atoms with E-state index in [1.807, 2.05) is 25.1 Å². The van der Waals surface area contributed by atoms with E-state index in [0.29, 0.717) is 12.0 Å². The number of halogens is 2. The Hall–Kier alpha value is -0.770. The van der Waals surface area contributed by atoms with Crippen molar-refractivity contribution in [3.05, 3.63) is 29.0 Å². The van der Waals surface area contributed by atoms with Crippen LogP contribution in [0.5, 0.6) is 0 Å². The number of imidazole rings is 1. The van der Waals surface area contributed by atoms with Gasteiger partial charge < -0.3 is 9.47 Å². The Balaban J connectivity index is 2.67. The Kier molecular flexibility index (Phi) is 5.18. The van der Waals surface area contributed by atoms with Gasteiger partial charge in [0.2, 0.25) is 0 Å². The van der Waals surface area contributed by atoms with Crippen LogP contribution in [0.25, 0.3) is 11.0 Å². The van der Waals surface area contributed by atoms with Gasteiger partial charge in [-0.05, 0) is 45.1 Å². The lowest BCUT2D eigenvalue weighted by Crippen LogP contribution is -2.29. The van der Waals surface area contributed by atoms with Gasteiger partial charge in [-0.2, -0.15) is 0 Å². The number of rotatable bonds is 5. The first-order valence-electron chi connectivity index (χ1n) is 7.27. The molecule has 116 valence electrons. The molecule has 0 fully saturated rings. The molecular weight excluding hydrogens is 305 g/mol. The van der Waals surface area contributed by atoms with Crippen LogP contribution < -0.4 is 0 Å². The standard InChI is InChI=1S/C16H23Cl2N3/c1-10(2)15(9-20(4)5)21-14-8-12(18)6-7-13(14)19-16(21)11(3)17/h6-8,10-11,15H,9H2,1-5H3. The van der Waals surface area contributed by atoms with Gasteiger partial charge >= 0.3 is 0 Å². The molecule has 0 spiro atoms. The smallest absolute Gasteiger partial charge is 0.128 e. The van der Waals surface area contributed by atoms with Crippen molar-refractivity contribution in [2.45, 2.75) is 32.2 Å². The molecule has 0 radical (unpaired) electrons. The summed E-state index contributed by atoms with van der Waals surface area (Å²) < 4.78 is 2.27. The zero-order valence-corrected chi connectivity index (χ0v) is 14.8. The van der Waals surface area contributed by atoms with Crippen LogP contribution in [-0.4, -0.2) is 35.1 Å². The highest BCUT2D eigenvalue weighted by Crippen LogP contribution is 2.32. The number of hydrogen-bond donors (Lipinski definition) is 0. The van der Waals surface area contributed by atoms with Crippen molar-refractivity contribution in [2.75, 3.05) is 20.6 Å². The number of fused-ring (bicyclic) bond motifs is 1. The summed E-state index contributed by atoms with van der Waals surface area (Å²) in [5.74, 6) is 1.38. The van der Waals surface area contributed by atoms with E-state index in [0.717, 1.165) is 28.4 Å². The highest BCUT2D eigenvalue weighted by Gasteiger charge is 2.24. The predicted molar refractivity (Wildman–Crippen MR) is 91.4 cm³/mol. The van der Waals surface area contributed by atoms with Gasteiger partial charge in [0.1, 0.15) is 5.82 Å². The zero-order chi connectivity index (χ0) is 15.7. The van der Waals surface area contributed by atoms with Crippen LogP contribution in [0.1, 0.15) is 38.0 Å². The summed E-state index contributed by atoms with van der Waals surface area (Å²) in [5, 5.41) is 0.587. The summed E-state index contributed by atoms with van der Waals surface area (Å²) in [4.78, 5) is 6.92. The number of alkyl halides is 1. The van der Waals surface area contributed by atoms with Gasteiger partial charge in [-0.15, -0.1) is 11.6 Å². The summed E-state index contributed by atoms with van der Waals surface area (Å²) in [5.41, 5.74) is 2.01. The van der Waals surface area contributed by atoms with Crippen molar-refractivity contribution in [3.8, 4) is 0 Å². The van der Waals surface area contributed by atoms with Gasteiger partial charge in [0.15, 0.2) is 0 Å². The fourth-order valence-corrected chi connectivity index (χ4v) is 3.00. The fourth-order valence-electron chi connectivity index (χ4n) is 2.68. The molecule has 0 aliphatic rings. The van der Waals surface area contributed by atoms with Crippen LogP contribution in [0, 0.1) is 5.92 Å². The molecule has 0 saturated carbocycles. The van der Waals surface area contributed by atoms with Crippen molar-refractivity contribution in [3.63, 3.8) is 0 Å². The fraction of sp³-hybridized carbons (Fsp3) is 0.562. The molecule has 1 heterocycles. The van der Waals surface area contributed by atoms with Gasteiger partial charge in [0.25, 0.3) is 0 Å². The van der Waals surface area contributed by atoms with Crippen LogP contribution in [0.2, 0.25) is 5.02 Å². The van der Waals surface area contributed by atoms with Crippen molar-refractivity contribution in [2.24, 2.45) is 5.92 Å². The number of nitrogens with zero attached hydrogens (tertiary/aromatic N) is 3. The molecular formula is C16H23Cl2N3. The summed E-state index contributed by atoms with van der Waals surface area (Å²) in [7, 11) is 4.18. The molecule has 5 heteroatoms. The van der Waals surface area contributed by atoms with E-state index in [9.17, 15) is 0 Å². The highest BCUT2D eigenvalue weighted by molar-refractivity contribution is 6.31. The van der Waals surface area contributed by atoms with E-state index < -0.39 is 0 Å². The van der Waals surface area contributed by atoms with Crippen LogP contribution in [0.4, 0.5) is 0 Å². The molecule has 2 rings (SSSR count). The molecule has 0 aliphatic carbocycles. The molecule has 0 aliphatic heterocycles. The van der Waals surface area contributed by atoms with Gasteiger partial charge in [-0.25, -0.2) is 4.98 Å². The minimum Gasteiger partial charge on any atom is -0.322 e. The minimum atomic E-state index is -0.139. The Morgan fingerprint density at radius 3 is 2.43 bits per heavy atom. The quantitative estimate of drug-likeness (QED) is 0.739. The van der Waals surface area contributed by atoms with Crippen LogP contribution in [-0.2, 0) is 0 Å². The third-order valence-electron chi connectivity index (χ3n) is 3.69. The second-order valence-electron chi connectivity index (χ2n) is 6.16. The SMILES string of the molecule is CC(Cl)c1nc2ccc(Cl)cc2n1C(CN(C)C)C(C)C. The topological polar surface area (TPSA) is 21.1 Å². The van der Waals surface area contributed by atoms with Crippen LogP contribution in [0.3, 0.4) is 0 Å². The number of hydrogen-bond acceptors (Lipinski definition) is 2. The summed E-state index contributed by atoms with van der Waals surface area (Å²) in [6.07, 6.45) is 0. The largest absolute Gasteiger partial charge is 0.322 e. The first-order chi connectivity index (χ1) is 9.81. The van der Waals surface area contributed by atoms with Crippen molar-refractivity contribution in [1.29, 1.82) is 0 Å². The Labute approximate surface area is 136 Å². The van der Waals surface area contributed by atoms with E-state index in [-0.39, 0.29) is 5.38 Å².